The maximum absolute atomic E-state index is 12.8. The molecule has 3 rings (SSSR count). The van der Waals surface area contributed by atoms with Gasteiger partial charge >= 0.3 is 0 Å². The zero-order valence-electron chi connectivity index (χ0n) is 13.4. The first-order chi connectivity index (χ1) is 11.1. The van der Waals surface area contributed by atoms with Crippen molar-refractivity contribution in [2.45, 2.75) is 20.8 Å². The van der Waals surface area contributed by atoms with E-state index < -0.39 is 0 Å². The molecule has 0 radical (unpaired) electrons. The third-order valence-electron chi connectivity index (χ3n) is 3.73. The summed E-state index contributed by atoms with van der Waals surface area (Å²) in [6.45, 7) is 6.41. The molecule has 0 aliphatic heterocycles. The molecule has 1 amide bonds. The average molecular weight is 326 g/mol. The van der Waals surface area contributed by atoms with E-state index >= 15 is 0 Å². The minimum absolute atomic E-state index is 0.0155. The third kappa shape index (κ3) is 2.92. The fraction of sp³-hybridized carbons (Fsp3) is 0.222. The fourth-order valence-electron chi connectivity index (χ4n) is 2.61. The lowest BCUT2D eigenvalue weighted by atomic mass is 10.2. The molecule has 2 heterocycles. The molecule has 118 valence electrons. The molecule has 1 aromatic carbocycles. The number of carbonyl (C=O) groups excluding carboxylic acids is 1. The number of aromatic nitrogens is 1. The van der Waals surface area contributed by atoms with Gasteiger partial charge in [0.05, 0.1) is 16.1 Å². The van der Waals surface area contributed by atoms with Crippen LogP contribution >= 0.6 is 11.3 Å². The van der Waals surface area contributed by atoms with Gasteiger partial charge in [0.25, 0.3) is 5.91 Å². The van der Waals surface area contributed by atoms with Crippen LogP contribution in [-0.4, -0.2) is 17.6 Å². The number of aryl methyl sites for hydroxylation is 2. The van der Waals surface area contributed by atoms with E-state index in [-0.39, 0.29) is 5.91 Å². The number of benzene rings is 1. The van der Waals surface area contributed by atoms with E-state index in [2.05, 4.69) is 5.16 Å². The van der Waals surface area contributed by atoms with Gasteiger partial charge in [0.1, 0.15) is 5.76 Å². The molecule has 0 saturated carbocycles. The van der Waals surface area contributed by atoms with Gasteiger partial charge in [0.15, 0.2) is 0 Å². The molecule has 0 bridgehead atoms. The van der Waals surface area contributed by atoms with Gasteiger partial charge in [0, 0.05) is 17.1 Å². The Morgan fingerprint density at radius 1 is 1.17 bits per heavy atom. The van der Waals surface area contributed by atoms with Crippen molar-refractivity contribution in [3.05, 3.63) is 58.8 Å². The van der Waals surface area contributed by atoms with Crippen molar-refractivity contribution in [3.8, 4) is 10.4 Å². The van der Waals surface area contributed by atoms with Crippen LogP contribution in [0.1, 0.15) is 28.0 Å². The van der Waals surface area contributed by atoms with E-state index in [1.807, 2.05) is 63.2 Å². The highest BCUT2D eigenvalue weighted by Crippen LogP contribution is 2.33. The van der Waals surface area contributed by atoms with Crippen LogP contribution in [-0.2, 0) is 0 Å². The summed E-state index contributed by atoms with van der Waals surface area (Å²) in [5.74, 6) is 0.792. The Bertz CT molecular complexity index is 801. The van der Waals surface area contributed by atoms with E-state index in [4.69, 9.17) is 4.52 Å². The number of para-hydroxylation sites is 1. The van der Waals surface area contributed by atoms with Gasteiger partial charge < -0.3 is 9.42 Å². The molecular formula is C18H18N2O2S. The molecule has 4 nitrogen and oxygen atoms in total. The van der Waals surface area contributed by atoms with E-state index in [1.54, 1.807) is 4.90 Å². The smallest absolute Gasteiger partial charge is 0.268 e. The quantitative estimate of drug-likeness (QED) is 0.699. The maximum atomic E-state index is 12.8. The summed E-state index contributed by atoms with van der Waals surface area (Å²) >= 11 is 1.47. The topological polar surface area (TPSA) is 46.3 Å². The summed E-state index contributed by atoms with van der Waals surface area (Å²) in [5, 5.41) is 3.98. The van der Waals surface area contributed by atoms with Gasteiger partial charge in [-0.2, -0.15) is 0 Å². The lowest BCUT2D eigenvalue weighted by molar-refractivity contribution is 0.0992. The van der Waals surface area contributed by atoms with Crippen molar-refractivity contribution in [1.82, 2.24) is 5.16 Å². The lowest BCUT2D eigenvalue weighted by Gasteiger charge is -2.20. The number of rotatable bonds is 4. The molecule has 0 spiro atoms. The SMILES string of the molecule is CCN(C(=O)c1ccc(-c2c(C)noc2C)s1)c1ccccc1. The molecule has 0 unspecified atom stereocenters. The van der Waals surface area contributed by atoms with E-state index in [9.17, 15) is 4.79 Å². The number of anilines is 1. The third-order valence-corrected chi connectivity index (χ3v) is 4.82. The van der Waals surface area contributed by atoms with Crippen molar-refractivity contribution in [2.75, 3.05) is 11.4 Å². The first-order valence-electron chi connectivity index (χ1n) is 7.51. The van der Waals surface area contributed by atoms with E-state index in [1.165, 1.54) is 11.3 Å². The van der Waals surface area contributed by atoms with Crippen molar-refractivity contribution < 1.29 is 9.32 Å². The Kier molecular flexibility index (Phi) is 4.30. The second-order valence-electron chi connectivity index (χ2n) is 5.25. The summed E-state index contributed by atoms with van der Waals surface area (Å²) in [7, 11) is 0. The van der Waals surface area contributed by atoms with Crippen molar-refractivity contribution in [2.24, 2.45) is 0 Å². The summed E-state index contributed by atoms with van der Waals surface area (Å²) < 4.78 is 5.22. The first kappa shape index (κ1) is 15.5. The Morgan fingerprint density at radius 3 is 2.52 bits per heavy atom. The summed E-state index contributed by atoms with van der Waals surface area (Å²) in [6.07, 6.45) is 0. The van der Waals surface area contributed by atoms with E-state index in [0.717, 1.165) is 27.6 Å². The Balaban J connectivity index is 1.92. The normalized spacial score (nSPS) is 10.7. The average Bonchev–Trinajstić information content (AvgIpc) is 3.16. The minimum Gasteiger partial charge on any atom is -0.361 e. The van der Waals surface area contributed by atoms with Crippen LogP contribution in [0.5, 0.6) is 0 Å². The van der Waals surface area contributed by atoms with Crippen LogP contribution < -0.4 is 4.90 Å². The Hall–Kier alpha value is -2.40. The predicted molar refractivity (Wildman–Crippen MR) is 93.1 cm³/mol. The van der Waals surface area contributed by atoms with Crippen molar-refractivity contribution in [3.63, 3.8) is 0 Å². The molecule has 2 aromatic heterocycles. The van der Waals surface area contributed by atoms with E-state index in [0.29, 0.717) is 11.4 Å². The maximum Gasteiger partial charge on any atom is 0.268 e. The summed E-state index contributed by atoms with van der Waals surface area (Å²) in [4.78, 5) is 16.3. The Morgan fingerprint density at radius 2 is 1.91 bits per heavy atom. The molecule has 0 saturated heterocycles. The standard InChI is InChI=1S/C18H18N2O2S/c1-4-20(14-8-6-5-7-9-14)18(21)16-11-10-15(23-16)17-12(2)19-22-13(17)3/h5-11H,4H2,1-3H3. The van der Waals surface area contributed by atoms with Crippen LogP contribution in [0, 0.1) is 13.8 Å². The number of carbonyl (C=O) groups is 1. The molecule has 0 fully saturated rings. The number of hydrogen-bond donors (Lipinski definition) is 0. The van der Waals surface area contributed by atoms with Crippen LogP contribution in [0.2, 0.25) is 0 Å². The van der Waals surface area contributed by atoms with Crippen molar-refractivity contribution >= 4 is 22.9 Å². The fourth-order valence-corrected chi connectivity index (χ4v) is 3.71. The molecule has 0 atom stereocenters. The molecule has 0 aliphatic carbocycles. The van der Waals surface area contributed by atoms with Gasteiger partial charge in [-0.1, -0.05) is 23.4 Å². The molecule has 3 aromatic rings. The van der Waals surface area contributed by atoms with Gasteiger partial charge in [-0.3, -0.25) is 4.79 Å². The minimum atomic E-state index is 0.0155. The molecule has 23 heavy (non-hydrogen) atoms. The highest BCUT2D eigenvalue weighted by molar-refractivity contribution is 7.17. The summed E-state index contributed by atoms with van der Waals surface area (Å²) in [6, 6.07) is 13.6. The molecular weight excluding hydrogens is 308 g/mol. The van der Waals surface area contributed by atoms with Crippen molar-refractivity contribution in [1.29, 1.82) is 0 Å². The summed E-state index contributed by atoms with van der Waals surface area (Å²) in [5.41, 5.74) is 2.74. The van der Waals surface area contributed by atoms with Gasteiger partial charge in [-0.05, 0) is 45.0 Å². The number of nitrogens with zero attached hydrogens (tertiary/aromatic N) is 2. The van der Waals surface area contributed by atoms with Crippen LogP contribution in [0.25, 0.3) is 10.4 Å². The van der Waals surface area contributed by atoms with Gasteiger partial charge in [-0.25, -0.2) is 0 Å². The second kappa shape index (κ2) is 6.38. The zero-order valence-corrected chi connectivity index (χ0v) is 14.2. The van der Waals surface area contributed by atoms with Gasteiger partial charge in [0.2, 0.25) is 0 Å². The lowest BCUT2D eigenvalue weighted by Crippen LogP contribution is -2.29. The van der Waals surface area contributed by atoms with Crippen LogP contribution in [0.15, 0.2) is 47.0 Å². The number of hydrogen-bond acceptors (Lipinski definition) is 4. The second-order valence-corrected chi connectivity index (χ2v) is 6.33. The molecule has 0 aliphatic rings. The molecule has 0 N–H and O–H groups in total. The Labute approximate surface area is 139 Å². The van der Waals surface area contributed by atoms with Crippen LogP contribution in [0.3, 0.4) is 0 Å². The highest BCUT2D eigenvalue weighted by atomic mass is 32.1. The zero-order chi connectivity index (χ0) is 16.4. The predicted octanol–water partition coefficient (Wildman–Crippen LogP) is 4.69. The van der Waals surface area contributed by atoms with Gasteiger partial charge in [-0.15, -0.1) is 11.3 Å². The first-order valence-corrected chi connectivity index (χ1v) is 8.33. The van der Waals surface area contributed by atoms with Crippen LogP contribution in [0.4, 0.5) is 5.69 Å². The molecule has 5 heteroatoms. The number of thiophene rings is 1. The highest BCUT2D eigenvalue weighted by Gasteiger charge is 2.20. The number of amides is 1. The largest absolute Gasteiger partial charge is 0.361 e. The monoisotopic (exact) mass is 326 g/mol.